The Kier molecular flexibility index (Phi) is 3.85. The first-order valence-corrected chi connectivity index (χ1v) is 6.40. The number of benzene rings is 1. The number of imidazole rings is 1. The molecule has 5 heteroatoms. The van der Waals surface area contributed by atoms with Crippen LogP contribution in [0.2, 0.25) is 0 Å². The van der Waals surface area contributed by atoms with Gasteiger partial charge in [-0.25, -0.2) is 9.78 Å². The van der Waals surface area contributed by atoms with Gasteiger partial charge in [-0.05, 0) is 18.1 Å². The maximum Gasteiger partial charge on any atom is 0.337 e. The Morgan fingerprint density at radius 2 is 2.21 bits per heavy atom. The molecule has 0 saturated heterocycles. The lowest BCUT2D eigenvalue weighted by Crippen LogP contribution is -2.14. The molecule has 0 fully saturated rings. The number of carboxylic acid groups (broad SMARTS) is 1. The Morgan fingerprint density at radius 3 is 2.79 bits per heavy atom. The minimum atomic E-state index is -0.953. The van der Waals surface area contributed by atoms with Crippen LogP contribution in [0.4, 0.5) is 0 Å². The van der Waals surface area contributed by atoms with E-state index < -0.39 is 5.97 Å². The summed E-state index contributed by atoms with van der Waals surface area (Å²) < 4.78 is 1.92. The first-order valence-electron chi connectivity index (χ1n) is 6.40. The van der Waals surface area contributed by atoms with Gasteiger partial charge in [-0.1, -0.05) is 19.9 Å². The number of para-hydroxylation sites is 1. The van der Waals surface area contributed by atoms with Crippen molar-refractivity contribution in [3.05, 3.63) is 29.6 Å². The van der Waals surface area contributed by atoms with Gasteiger partial charge < -0.3 is 14.8 Å². The van der Waals surface area contributed by atoms with Crippen LogP contribution in [0.1, 0.15) is 30.0 Å². The van der Waals surface area contributed by atoms with Gasteiger partial charge in [-0.15, -0.1) is 0 Å². The fourth-order valence-electron chi connectivity index (χ4n) is 2.24. The van der Waals surface area contributed by atoms with Crippen molar-refractivity contribution < 1.29 is 15.0 Å². The number of hydrogen-bond donors (Lipinski definition) is 2. The van der Waals surface area contributed by atoms with Gasteiger partial charge in [0.2, 0.25) is 0 Å². The third-order valence-corrected chi connectivity index (χ3v) is 3.20. The summed E-state index contributed by atoms with van der Waals surface area (Å²) in [6, 6.07) is 5.12. The quantitative estimate of drug-likeness (QED) is 0.863. The van der Waals surface area contributed by atoms with Gasteiger partial charge in [0.05, 0.1) is 16.6 Å². The number of aromatic carboxylic acids is 1. The number of aromatic nitrogens is 2. The highest BCUT2D eigenvalue weighted by molar-refractivity contribution is 6.01. The van der Waals surface area contributed by atoms with Crippen molar-refractivity contribution in [2.75, 3.05) is 6.61 Å². The van der Waals surface area contributed by atoms with Gasteiger partial charge in [0, 0.05) is 19.6 Å². The molecule has 0 aliphatic carbocycles. The average Bonchev–Trinajstić information content (AvgIpc) is 2.76. The molecule has 0 aliphatic rings. The SMILES string of the molecule is CCc1nc2cccc(C(=O)O)c2n1CC(C)CO. The fourth-order valence-corrected chi connectivity index (χ4v) is 2.24. The summed E-state index contributed by atoms with van der Waals surface area (Å²) in [4.78, 5) is 15.8. The lowest BCUT2D eigenvalue weighted by Gasteiger charge is -2.13. The molecule has 0 saturated carbocycles. The first-order chi connectivity index (χ1) is 9.08. The summed E-state index contributed by atoms with van der Waals surface area (Å²) in [5.41, 5.74) is 1.60. The number of rotatable bonds is 5. The molecule has 5 nitrogen and oxygen atoms in total. The Hall–Kier alpha value is -1.88. The maximum atomic E-state index is 11.3. The van der Waals surface area contributed by atoms with Crippen LogP contribution < -0.4 is 0 Å². The second-order valence-corrected chi connectivity index (χ2v) is 4.76. The number of aliphatic hydroxyl groups is 1. The minimum Gasteiger partial charge on any atom is -0.478 e. The summed E-state index contributed by atoms with van der Waals surface area (Å²) >= 11 is 0. The third kappa shape index (κ3) is 2.46. The second-order valence-electron chi connectivity index (χ2n) is 4.76. The number of carboxylic acids is 1. The summed E-state index contributed by atoms with van der Waals surface area (Å²) in [6.07, 6.45) is 0.728. The van der Waals surface area contributed by atoms with Gasteiger partial charge >= 0.3 is 5.97 Å². The third-order valence-electron chi connectivity index (χ3n) is 3.20. The van der Waals surface area contributed by atoms with Crippen molar-refractivity contribution in [3.8, 4) is 0 Å². The van der Waals surface area contributed by atoms with Crippen molar-refractivity contribution in [2.45, 2.75) is 26.8 Å². The zero-order valence-electron chi connectivity index (χ0n) is 11.1. The number of aryl methyl sites for hydroxylation is 1. The summed E-state index contributed by atoms with van der Waals surface area (Å²) in [6.45, 7) is 4.55. The highest BCUT2D eigenvalue weighted by atomic mass is 16.4. The van der Waals surface area contributed by atoms with Gasteiger partial charge in [-0.2, -0.15) is 0 Å². The van der Waals surface area contributed by atoms with E-state index in [1.54, 1.807) is 12.1 Å². The molecule has 0 aliphatic heterocycles. The van der Waals surface area contributed by atoms with E-state index in [0.717, 1.165) is 12.2 Å². The van der Waals surface area contributed by atoms with Crippen LogP contribution in [0.5, 0.6) is 0 Å². The molecule has 0 radical (unpaired) electrons. The predicted octanol–water partition coefficient (Wildman–Crippen LogP) is 1.93. The molecule has 102 valence electrons. The van der Waals surface area contributed by atoms with Crippen molar-refractivity contribution in [1.82, 2.24) is 9.55 Å². The molecule has 2 rings (SSSR count). The first kappa shape index (κ1) is 13.5. The van der Waals surface area contributed by atoms with Crippen LogP contribution in [-0.2, 0) is 13.0 Å². The normalized spacial score (nSPS) is 12.8. The van der Waals surface area contributed by atoms with Gasteiger partial charge in [0.15, 0.2) is 0 Å². The molecule has 2 N–H and O–H groups in total. The molecule has 0 spiro atoms. The zero-order chi connectivity index (χ0) is 14.0. The highest BCUT2D eigenvalue weighted by Gasteiger charge is 2.17. The molecule has 0 bridgehead atoms. The Labute approximate surface area is 111 Å². The molecule has 2 aromatic rings. The summed E-state index contributed by atoms with van der Waals surface area (Å²) in [7, 11) is 0. The molecule has 1 unspecified atom stereocenters. The van der Waals surface area contributed by atoms with E-state index >= 15 is 0 Å². The number of hydrogen-bond acceptors (Lipinski definition) is 3. The van der Waals surface area contributed by atoms with E-state index in [9.17, 15) is 15.0 Å². The molecule has 1 atom stereocenters. The summed E-state index contributed by atoms with van der Waals surface area (Å²) in [5, 5.41) is 18.5. The number of carbonyl (C=O) groups is 1. The smallest absolute Gasteiger partial charge is 0.337 e. The monoisotopic (exact) mass is 262 g/mol. The lowest BCUT2D eigenvalue weighted by atomic mass is 10.1. The molecule has 1 heterocycles. The van der Waals surface area contributed by atoms with E-state index in [2.05, 4.69) is 4.98 Å². The maximum absolute atomic E-state index is 11.3. The molecule has 0 amide bonds. The zero-order valence-corrected chi connectivity index (χ0v) is 11.1. The number of nitrogens with zero attached hydrogens (tertiary/aromatic N) is 2. The van der Waals surface area contributed by atoms with E-state index in [4.69, 9.17) is 0 Å². The summed E-state index contributed by atoms with van der Waals surface area (Å²) in [5.74, 6) is -0.0420. The van der Waals surface area contributed by atoms with Crippen LogP contribution >= 0.6 is 0 Å². The van der Waals surface area contributed by atoms with Crippen molar-refractivity contribution in [3.63, 3.8) is 0 Å². The Bertz CT molecular complexity index is 604. The minimum absolute atomic E-state index is 0.0598. The molecule has 19 heavy (non-hydrogen) atoms. The van der Waals surface area contributed by atoms with Gasteiger partial charge in [0.1, 0.15) is 5.82 Å². The van der Waals surface area contributed by atoms with Crippen LogP contribution in [-0.4, -0.2) is 32.3 Å². The number of fused-ring (bicyclic) bond motifs is 1. The largest absolute Gasteiger partial charge is 0.478 e. The molecule has 1 aromatic carbocycles. The van der Waals surface area contributed by atoms with E-state index in [0.29, 0.717) is 17.6 Å². The highest BCUT2D eigenvalue weighted by Crippen LogP contribution is 2.22. The van der Waals surface area contributed by atoms with Gasteiger partial charge in [-0.3, -0.25) is 0 Å². The second kappa shape index (κ2) is 5.40. The molecular weight excluding hydrogens is 244 g/mol. The van der Waals surface area contributed by atoms with E-state index in [-0.39, 0.29) is 18.1 Å². The number of aliphatic hydroxyl groups excluding tert-OH is 1. The standard InChI is InChI=1S/C14H18N2O3/c1-3-12-15-11-6-4-5-10(14(18)19)13(11)16(12)7-9(2)8-17/h4-6,9,17H,3,7-8H2,1-2H3,(H,18,19). The Morgan fingerprint density at radius 1 is 1.47 bits per heavy atom. The van der Waals surface area contributed by atoms with Gasteiger partial charge in [0.25, 0.3) is 0 Å². The van der Waals surface area contributed by atoms with Crippen molar-refractivity contribution >= 4 is 17.0 Å². The molecule has 1 aromatic heterocycles. The lowest BCUT2D eigenvalue weighted by molar-refractivity contribution is 0.0698. The topological polar surface area (TPSA) is 75.3 Å². The fraction of sp³-hybridized carbons (Fsp3) is 0.429. The van der Waals surface area contributed by atoms with Crippen LogP contribution in [0, 0.1) is 5.92 Å². The molecular formula is C14H18N2O3. The predicted molar refractivity (Wildman–Crippen MR) is 72.3 cm³/mol. The van der Waals surface area contributed by atoms with Crippen molar-refractivity contribution in [1.29, 1.82) is 0 Å². The van der Waals surface area contributed by atoms with Crippen LogP contribution in [0.3, 0.4) is 0 Å². The average molecular weight is 262 g/mol. The van der Waals surface area contributed by atoms with Crippen molar-refractivity contribution in [2.24, 2.45) is 5.92 Å². The van der Waals surface area contributed by atoms with E-state index in [1.807, 2.05) is 24.5 Å². The van der Waals surface area contributed by atoms with Crippen LogP contribution in [0.25, 0.3) is 11.0 Å². The van der Waals surface area contributed by atoms with E-state index in [1.165, 1.54) is 0 Å². The van der Waals surface area contributed by atoms with Crippen LogP contribution in [0.15, 0.2) is 18.2 Å². The Balaban J connectivity index is 2.66.